The van der Waals surface area contributed by atoms with Gasteiger partial charge in [-0.15, -0.1) is 0 Å². The van der Waals surface area contributed by atoms with Crippen LogP contribution in [0.2, 0.25) is 0 Å². The van der Waals surface area contributed by atoms with E-state index in [1.54, 1.807) is 12.1 Å². The Kier molecular flexibility index (Phi) is 3.60. The number of piperidine rings is 1. The van der Waals surface area contributed by atoms with Gasteiger partial charge in [-0.05, 0) is 49.2 Å². The number of carbonyl (C=O) groups excluding carboxylic acids is 1. The lowest BCUT2D eigenvalue weighted by Crippen LogP contribution is -2.51. The highest BCUT2D eigenvalue weighted by Crippen LogP contribution is 2.43. The molecule has 2 aliphatic heterocycles. The number of fused-ring (bicyclic) bond motifs is 5. The normalized spacial score (nSPS) is 16.9. The molecule has 1 saturated heterocycles. The molecule has 5 nitrogen and oxygen atoms in total. The van der Waals surface area contributed by atoms with E-state index in [2.05, 4.69) is 45.3 Å². The fraction of sp³-hybridized carbons (Fsp3) is 0.208. The molecule has 0 bridgehead atoms. The Bertz CT molecular complexity index is 1280. The highest BCUT2D eigenvalue weighted by atomic mass is 19.1. The first-order chi connectivity index (χ1) is 14.6. The van der Waals surface area contributed by atoms with Crippen LogP contribution in [0.25, 0.3) is 16.6 Å². The lowest BCUT2D eigenvalue weighted by atomic mass is 9.82. The molecule has 0 radical (unpaired) electrons. The van der Waals surface area contributed by atoms with E-state index in [0.717, 1.165) is 29.6 Å². The van der Waals surface area contributed by atoms with Gasteiger partial charge in [-0.1, -0.05) is 24.3 Å². The highest BCUT2D eigenvalue weighted by molar-refractivity contribution is 5.98. The summed E-state index contributed by atoms with van der Waals surface area (Å²) in [6, 6.07) is 19.2. The number of benzene rings is 2. The molecule has 6 heteroatoms. The number of anilines is 1. The van der Waals surface area contributed by atoms with Crippen LogP contribution >= 0.6 is 0 Å². The molecule has 6 rings (SSSR count). The third kappa shape index (κ3) is 2.43. The third-order valence-corrected chi connectivity index (χ3v) is 6.52. The number of rotatable bonds is 1. The number of hydrogen-bond acceptors (Lipinski definition) is 2. The Morgan fingerprint density at radius 2 is 1.83 bits per heavy atom. The summed E-state index contributed by atoms with van der Waals surface area (Å²) in [6.45, 7) is 1.27. The van der Waals surface area contributed by atoms with Gasteiger partial charge in [0.1, 0.15) is 11.5 Å². The summed E-state index contributed by atoms with van der Waals surface area (Å²) in [5.74, 6) is -0.415. The molecule has 4 heterocycles. The van der Waals surface area contributed by atoms with Crippen LogP contribution in [0, 0.1) is 5.82 Å². The van der Waals surface area contributed by atoms with Crippen LogP contribution in [0.1, 0.15) is 29.0 Å². The maximum Gasteiger partial charge on any atom is 0.270 e. The maximum absolute atomic E-state index is 14.0. The largest absolute Gasteiger partial charge is 0.372 e. The topological polar surface area (TPSA) is 53.1 Å². The van der Waals surface area contributed by atoms with Gasteiger partial charge in [0, 0.05) is 30.4 Å². The van der Waals surface area contributed by atoms with E-state index in [1.807, 2.05) is 23.1 Å². The number of aromatic nitrogens is 2. The van der Waals surface area contributed by atoms with Crippen LogP contribution in [0.5, 0.6) is 0 Å². The standard InChI is InChI=1S/C24H21FN4O/c25-17-6-3-5-16-15-19(26-22(16)17)23(30)28-13-10-24(11-14-28)21-9-4-12-29(21)20-8-2-1-7-18(20)27-24/h1-9,12,15,26-27H,10-11,13-14H2. The number of para-hydroxylation sites is 3. The number of halogens is 1. The summed E-state index contributed by atoms with van der Waals surface area (Å²) >= 11 is 0. The monoisotopic (exact) mass is 400 g/mol. The van der Waals surface area contributed by atoms with E-state index < -0.39 is 0 Å². The first-order valence-corrected chi connectivity index (χ1v) is 10.3. The SMILES string of the molecule is O=C(c1cc2cccc(F)c2[nH]1)N1CCC2(CC1)Nc1ccccc1-n1cccc12. The maximum atomic E-state index is 14.0. The van der Waals surface area contributed by atoms with Gasteiger partial charge in [-0.25, -0.2) is 4.39 Å². The molecule has 0 unspecified atom stereocenters. The van der Waals surface area contributed by atoms with Gasteiger partial charge in [0.15, 0.2) is 0 Å². The van der Waals surface area contributed by atoms with Crippen molar-refractivity contribution in [3.8, 4) is 5.69 Å². The van der Waals surface area contributed by atoms with Gasteiger partial charge in [0.2, 0.25) is 0 Å². The van der Waals surface area contributed by atoms with Crippen LogP contribution in [-0.2, 0) is 5.54 Å². The van der Waals surface area contributed by atoms with Gasteiger partial charge >= 0.3 is 0 Å². The first kappa shape index (κ1) is 17.3. The zero-order valence-electron chi connectivity index (χ0n) is 16.4. The predicted octanol–water partition coefficient (Wildman–Crippen LogP) is 4.65. The molecule has 1 amide bonds. The van der Waals surface area contributed by atoms with E-state index >= 15 is 0 Å². The van der Waals surface area contributed by atoms with Crippen molar-refractivity contribution in [3.05, 3.63) is 84.1 Å². The summed E-state index contributed by atoms with van der Waals surface area (Å²) in [4.78, 5) is 17.9. The number of likely N-dealkylation sites (tertiary alicyclic amines) is 1. The van der Waals surface area contributed by atoms with Crippen molar-refractivity contribution in [2.45, 2.75) is 18.4 Å². The number of nitrogens with zero attached hydrogens (tertiary/aromatic N) is 2. The van der Waals surface area contributed by atoms with Crippen molar-refractivity contribution in [2.75, 3.05) is 18.4 Å². The van der Waals surface area contributed by atoms with E-state index in [-0.39, 0.29) is 17.3 Å². The molecule has 1 spiro atoms. The van der Waals surface area contributed by atoms with Crippen molar-refractivity contribution in [3.63, 3.8) is 0 Å². The first-order valence-electron chi connectivity index (χ1n) is 10.3. The third-order valence-electron chi connectivity index (χ3n) is 6.52. The van der Waals surface area contributed by atoms with Crippen molar-refractivity contribution in [1.82, 2.24) is 14.5 Å². The fourth-order valence-corrected chi connectivity index (χ4v) is 4.97. The van der Waals surface area contributed by atoms with Crippen LogP contribution in [0.3, 0.4) is 0 Å². The molecule has 4 aromatic rings. The van der Waals surface area contributed by atoms with Crippen LogP contribution < -0.4 is 5.32 Å². The van der Waals surface area contributed by atoms with Crippen LogP contribution in [0.15, 0.2) is 66.9 Å². The molecular weight excluding hydrogens is 379 g/mol. The molecule has 0 saturated carbocycles. The molecule has 2 aromatic carbocycles. The fourth-order valence-electron chi connectivity index (χ4n) is 4.97. The lowest BCUT2D eigenvalue weighted by molar-refractivity contribution is 0.0671. The summed E-state index contributed by atoms with van der Waals surface area (Å²) in [6.07, 6.45) is 3.73. The second kappa shape index (κ2) is 6.23. The molecule has 150 valence electrons. The summed E-state index contributed by atoms with van der Waals surface area (Å²) < 4.78 is 16.3. The zero-order valence-corrected chi connectivity index (χ0v) is 16.4. The molecule has 2 aromatic heterocycles. The minimum atomic E-state index is -0.338. The molecular formula is C24H21FN4O. The van der Waals surface area contributed by atoms with Gasteiger partial charge in [0.05, 0.1) is 22.4 Å². The zero-order chi connectivity index (χ0) is 20.3. The van der Waals surface area contributed by atoms with Crippen molar-refractivity contribution < 1.29 is 9.18 Å². The minimum absolute atomic E-state index is 0.0768. The van der Waals surface area contributed by atoms with Crippen LogP contribution in [0.4, 0.5) is 10.1 Å². The predicted molar refractivity (Wildman–Crippen MR) is 114 cm³/mol. The van der Waals surface area contributed by atoms with E-state index in [4.69, 9.17) is 0 Å². The Hall–Kier alpha value is -3.54. The molecule has 2 N–H and O–H groups in total. The molecule has 0 atom stereocenters. The van der Waals surface area contributed by atoms with Gasteiger partial charge in [-0.3, -0.25) is 4.79 Å². The molecule has 2 aliphatic rings. The molecule has 30 heavy (non-hydrogen) atoms. The van der Waals surface area contributed by atoms with Gasteiger partial charge < -0.3 is 19.8 Å². The highest BCUT2D eigenvalue weighted by Gasteiger charge is 2.42. The lowest BCUT2D eigenvalue weighted by Gasteiger charge is -2.46. The van der Waals surface area contributed by atoms with Crippen LogP contribution in [-0.4, -0.2) is 33.4 Å². The summed E-state index contributed by atoms with van der Waals surface area (Å²) in [5, 5.41) is 4.48. The summed E-state index contributed by atoms with van der Waals surface area (Å²) in [5.41, 5.74) is 4.14. The number of H-pyrrole nitrogens is 1. The number of amides is 1. The number of hydrogen-bond donors (Lipinski definition) is 2. The Labute approximate surface area is 173 Å². The van der Waals surface area contributed by atoms with E-state index in [9.17, 15) is 9.18 Å². The Morgan fingerprint density at radius 3 is 2.67 bits per heavy atom. The average Bonchev–Trinajstić information content (AvgIpc) is 3.43. The smallest absolute Gasteiger partial charge is 0.270 e. The van der Waals surface area contributed by atoms with Crippen molar-refractivity contribution >= 4 is 22.5 Å². The second-order valence-corrected chi connectivity index (χ2v) is 8.17. The Balaban J connectivity index is 1.27. The van der Waals surface area contributed by atoms with Gasteiger partial charge in [0.25, 0.3) is 5.91 Å². The van der Waals surface area contributed by atoms with Gasteiger partial charge in [-0.2, -0.15) is 0 Å². The summed E-state index contributed by atoms with van der Waals surface area (Å²) in [7, 11) is 0. The number of aromatic amines is 1. The minimum Gasteiger partial charge on any atom is -0.372 e. The van der Waals surface area contributed by atoms with Crippen molar-refractivity contribution in [2.24, 2.45) is 0 Å². The number of carbonyl (C=O) groups is 1. The number of nitrogens with one attached hydrogen (secondary N) is 2. The Morgan fingerprint density at radius 1 is 1.00 bits per heavy atom. The molecule has 0 aliphatic carbocycles. The second-order valence-electron chi connectivity index (χ2n) is 8.17. The molecule has 1 fully saturated rings. The van der Waals surface area contributed by atoms with Crippen molar-refractivity contribution in [1.29, 1.82) is 0 Å². The quantitative estimate of drug-likeness (QED) is 0.489. The average molecular weight is 400 g/mol. The van der Waals surface area contributed by atoms with E-state index in [0.29, 0.717) is 24.3 Å². The van der Waals surface area contributed by atoms with E-state index in [1.165, 1.54) is 11.8 Å².